The highest BCUT2D eigenvalue weighted by Gasteiger charge is 2.00. The highest BCUT2D eigenvalue weighted by Crippen LogP contribution is 2.25. The predicted octanol–water partition coefficient (Wildman–Crippen LogP) is -2.37. The van der Waals surface area contributed by atoms with Gasteiger partial charge in [0.2, 0.25) is 0 Å². The Labute approximate surface area is 72.9 Å². The summed E-state index contributed by atoms with van der Waals surface area (Å²) in [7, 11) is -4.64. The number of hydrogen-bond donors (Lipinski definition) is 7. The van der Waals surface area contributed by atoms with Crippen molar-refractivity contribution in [2.75, 3.05) is 6.54 Å². The summed E-state index contributed by atoms with van der Waals surface area (Å²) in [6.07, 6.45) is 0. The van der Waals surface area contributed by atoms with Crippen LogP contribution < -0.4 is 11.1 Å². The third-order valence-corrected chi connectivity index (χ3v) is 0.430. The lowest BCUT2D eigenvalue weighted by atomic mass is 10.6. The largest absolute Gasteiger partial charge is 0.480 e. The third-order valence-electron chi connectivity index (χ3n) is 0.430. The molecule has 10 heteroatoms. The molecule has 78 valence electrons. The van der Waals surface area contributed by atoms with E-state index in [9.17, 15) is 4.79 Å². The van der Waals surface area contributed by atoms with E-state index in [0.29, 0.717) is 0 Å². The summed E-state index contributed by atoms with van der Waals surface area (Å²) in [4.78, 5) is 31.3. The van der Waals surface area contributed by atoms with E-state index in [4.69, 9.17) is 35.5 Å². The van der Waals surface area contributed by atoms with E-state index < -0.39 is 13.8 Å². The van der Waals surface area contributed by atoms with Crippen molar-refractivity contribution in [3.63, 3.8) is 0 Å². The minimum Gasteiger partial charge on any atom is -0.480 e. The first kappa shape index (κ1) is 14.4. The van der Waals surface area contributed by atoms with Gasteiger partial charge < -0.3 is 30.8 Å². The molecule has 0 bridgehead atoms. The van der Waals surface area contributed by atoms with Gasteiger partial charge in [-0.15, -0.1) is 0 Å². The summed E-state index contributed by atoms with van der Waals surface area (Å²) in [5.74, 6) is -1.35. The molecular formula is C3H10N3O6P. The second-order valence-electron chi connectivity index (χ2n) is 1.67. The molecule has 9 nitrogen and oxygen atoms in total. The number of carboxylic acid groups (broad SMARTS) is 1. The molecule has 0 radical (unpaired) electrons. The standard InChI is InChI=1S/C3H7N3O2.H3O4P/c4-3(5)6-1-2(7)8;1-5(2,3)4/h1H2,(H,7,8)(H4,4,5,6);(H3,1,2,3,4). The molecule has 13 heavy (non-hydrogen) atoms. The smallest absolute Gasteiger partial charge is 0.466 e. The number of phosphoric acid groups is 1. The minimum atomic E-state index is -4.64. The Bertz CT molecular complexity index is 201. The zero-order valence-corrected chi connectivity index (χ0v) is 7.23. The molecule has 0 fully saturated rings. The lowest BCUT2D eigenvalue weighted by molar-refractivity contribution is -0.135. The van der Waals surface area contributed by atoms with Crippen LogP contribution in [0.15, 0.2) is 0 Å². The molecule has 0 amide bonds. The van der Waals surface area contributed by atoms with E-state index in [1.807, 2.05) is 0 Å². The maximum absolute atomic E-state index is 9.69. The molecule has 0 unspecified atom stereocenters. The maximum Gasteiger partial charge on any atom is 0.466 e. The molecule has 0 aromatic heterocycles. The minimum absolute atomic E-state index is 0.296. The van der Waals surface area contributed by atoms with Crippen molar-refractivity contribution < 1.29 is 29.1 Å². The summed E-state index contributed by atoms with van der Waals surface area (Å²) >= 11 is 0. The molecular weight excluding hydrogens is 205 g/mol. The molecule has 0 atom stereocenters. The van der Waals surface area contributed by atoms with Crippen molar-refractivity contribution in [1.29, 1.82) is 5.41 Å². The number of nitrogens with one attached hydrogen (secondary N) is 2. The lowest BCUT2D eigenvalue weighted by Crippen LogP contribution is -2.34. The highest BCUT2D eigenvalue weighted by molar-refractivity contribution is 7.45. The zero-order valence-electron chi connectivity index (χ0n) is 6.34. The Morgan fingerprint density at radius 3 is 1.85 bits per heavy atom. The Balaban J connectivity index is 0. The second-order valence-corrected chi connectivity index (χ2v) is 2.70. The topological polar surface area (TPSA) is 177 Å². The third kappa shape index (κ3) is 57.3. The van der Waals surface area contributed by atoms with Crippen LogP contribution >= 0.6 is 7.82 Å². The molecule has 0 aromatic carbocycles. The molecule has 0 saturated heterocycles. The SMILES string of the molecule is N=C(N)NCC(=O)O.O=P(O)(O)O. The van der Waals surface area contributed by atoms with Gasteiger partial charge in [-0.2, -0.15) is 0 Å². The van der Waals surface area contributed by atoms with Gasteiger partial charge in [0.1, 0.15) is 6.54 Å². The summed E-state index contributed by atoms with van der Waals surface area (Å²) in [6.45, 7) is -0.296. The van der Waals surface area contributed by atoms with Gasteiger partial charge in [0.25, 0.3) is 0 Å². The number of carbonyl (C=O) groups is 1. The van der Waals surface area contributed by atoms with E-state index in [1.165, 1.54) is 0 Å². The maximum atomic E-state index is 9.69. The van der Waals surface area contributed by atoms with E-state index >= 15 is 0 Å². The average molecular weight is 215 g/mol. The second kappa shape index (κ2) is 6.38. The first-order chi connectivity index (χ1) is 5.63. The Morgan fingerprint density at radius 1 is 1.46 bits per heavy atom. The van der Waals surface area contributed by atoms with Crippen molar-refractivity contribution in [2.24, 2.45) is 5.73 Å². The van der Waals surface area contributed by atoms with Gasteiger partial charge in [0, 0.05) is 0 Å². The van der Waals surface area contributed by atoms with Gasteiger partial charge in [0.05, 0.1) is 0 Å². The molecule has 0 aliphatic carbocycles. The lowest BCUT2D eigenvalue weighted by Gasteiger charge is -1.95. The molecule has 8 N–H and O–H groups in total. The summed E-state index contributed by atoms with van der Waals surface area (Å²) in [5.41, 5.74) is 4.75. The quantitative estimate of drug-likeness (QED) is 0.152. The van der Waals surface area contributed by atoms with Crippen LogP contribution in [0.2, 0.25) is 0 Å². The van der Waals surface area contributed by atoms with E-state index in [-0.39, 0.29) is 12.5 Å². The van der Waals surface area contributed by atoms with Gasteiger partial charge in [0.15, 0.2) is 5.96 Å². The van der Waals surface area contributed by atoms with Crippen LogP contribution in [0.1, 0.15) is 0 Å². The first-order valence-electron chi connectivity index (χ1n) is 2.71. The van der Waals surface area contributed by atoms with Gasteiger partial charge in [-0.1, -0.05) is 0 Å². The Hall–Kier alpha value is -1.15. The van der Waals surface area contributed by atoms with Crippen molar-refractivity contribution in [1.82, 2.24) is 5.32 Å². The molecule has 0 rings (SSSR count). The molecule has 0 spiro atoms. The molecule has 0 aliphatic rings. The number of guanidine groups is 1. The van der Waals surface area contributed by atoms with Crippen LogP contribution in [-0.2, 0) is 9.36 Å². The van der Waals surface area contributed by atoms with Crippen LogP contribution in [0.5, 0.6) is 0 Å². The molecule has 0 aromatic rings. The van der Waals surface area contributed by atoms with E-state index in [1.54, 1.807) is 0 Å². The summed E-state index contributed by atoms with van der Waals surface area (Å²) in [5, 5.41) is 16.5. The summed E-state index contributed by atoms with van der Waals surface area (Å²) < 4.78 is 8.88. The van der Waals surface area contributed by atoms with Crippen LogP contribution in [0, 0.1) is 5.41 Å². The van der Waals surface area contributed by atoms with Gasteiger partial charge in [-0.05, 0) is 0 Å². The fourth-order valence-electron chi connectivity index (χ4n) is 0.171. The van der Waals surface area contributed by atoms with Gasteiger partial charge >= 0.3 is 13.8 Å². The number of aliphatic carboxylic acids is 1. The number of hydrogen-bond acceptors (Lipinski definition) is 3. The Morgan fingerprint density at radius 2 is 1.77 bits per heavy atom. The van der Waals surface area contributed by atoms with Crippen LogP contribution in [-0.4, -0.2) is 38.3 Å². The van der Waals surface area contributed by atoms with Crippen molar-refractivity contribution in [2.45, 2.75) is 0 Å². The van der Waals surface area contributed by atoms with Crippen molar-refractivity contribution in [3.8, 4) is 0 Å². The normalized spacial score (nSPS) is 9.46. The molecule has 0 saturated carbocycles. The highest BCUT2D eigenvalue weighted by atomic mass is 31.2. The van der Waals surface area contributed by atoms with E-state index in [2.05, 4.69) is 5.32 Å². The molecule has 0 aliphatic heterocycles. The fraction of sp³-hybridized carbons (Fsp3) is 0.333. The van der Waals surface area contributed by atoms with Gasteiger partial charge in [-0.3, -0.25) is 10.2 Å². The average Bonchev–Trinajstić information content (AvgIpc) is 1.79. The monoisotopic (exact) mass is 215 g/mol. The Kier molecular flexibility index (Phi) is 7.05. The first-order valence-corrected chi connectivity index (χ1v) is 4.27. The molecule has 0 heterocycles. The van der Waals surface area contributed by atoms with E-state index in [0.717, 1.165) is 0 Å². The van der Waals surface area contributed by atoms with Crippen LogP contribution in [0.3, 0.4) is 0 Å². The van der Waals surface area contributed by atoms with Gasteiger partial charge in [-0.25, -0.2) is 4.57 Å². The number of nitrogens with two attached hydrogens (primary N) is 1. The number of rotatable bonds is 2. The summed E-state index contributed by atoms with van der Waals surface area (Å²) in [6, 6.07) is 0. The zero-order chi connectivity index (χ0) is 11.1. The fourth-order valence-corrected chi connectivity index (χ4v) is 0.171. The van der Waals surface area contributed by atoms with Crippen LogP contribution in [0.25, 0.3) is 0 Å². The van der Waals surface area contributed by atoms with Crippen molar-refractivity contribution in [3.05, 3.63) is 0 Å². The van der Waals surface area contributed by atoms with Crippen molar-refractivity contribution >= 4 is 19.8 Å². The number of carboxylic acids is 1. The van der Waals surface area contributed by atoms with Crippen LogP contribution in [0.4, 0.5) is 0 Å². The predicted molar refractivity (Wildman–Crippen MR) is 41.8 cm³/mol.